The summed E-state index contributed by atoms with van der Waals surface area (Å²) in [6, 6.07) is 7.73. The van der Waals surface area contributed by atoms with Gasteiger partial charge in [-0.2, -0.15) is 0 Å². The van der Waals surface area contributed by atoms with Crippen molar-refractivity contribution in [2.24, 2.45) is 4.99 Å². The van der Waals surface area contributed by atoms with Crippen LogP contribution in [0.25, 0.3) is 27.9 Å². The van der Waals surface area contributed by atoms with Crippen molar-refractivity contribution in [1.82, 2.24) is 20.3 Å². The van der Waals surface area contributed by atoms with E-state index in [2.05, 4.69) is 26.6 Å². The molecule has 0 unspecified atom stereocenters. The van der Waals surface area contributed by atoms with Crippen molar-refractivity contribution < 1.29 is 21.9 Å². The van der Waals surface area contributed by atoms with E-state index in [0.717, 1.165) is 5.57 Å². The number of ether oxygens (including phenoxy) is 1. The molecular formula is C28H33F2N7O3S. The first-order valence-corrected chi connectivity index (χ1v) is 14.9. The minimum atomic E-state index is -3.91. The Labute approximate surface area is 238 Å². The van der Waals surface area contributed by atoms with Crippen LogP contribution in [-0.2, 0) is 14.8 Å². The summed E-state index contributed by atoms with van der Waals surface area (Å²) in [5, 5.41) is 3.11. The van der Waals surface area contributed by atoms with E-state index >= 15 is 4.39 Å². The molecule has 10 nitrogen and oxygen atoms in total. The average Bonchev–Trinajstić information content (AvgIpc) is 2.98. The lowest BCUT2D eigenvalue weighted by Crippen LogP contribution is -2.37. The monoisotopic (exact) mass is 585 g/mol. The maximum atomic E-state index is 15.5. The summed E-state index contributed by atoms with van der Waals surface area (Å²) in [4.78, 5) is 20.3. The van der Waals surface area contributed by atoms with Crippen molar-refractivity contribution in [2.75, 3.05) is 54.9 Å². The number of rotatable bonds is 12. The number of fused-ring (bicyclic) bond motifs is 1. The molecule has 0 saturated carbocycles. The topological polar surface area (TPSA) is 122 Å². The van der Waals surface area contributed by atoms with E-state index in [4.69, 9.17) is 19.7 Å². The highest BCUT2D eigenvalue weighted by molar-refractivity contribution is 7.92. The predicted molar refractivity (Wildman–Crippen MR) is 159 cm³/mol. The second-order valence-electron chi connectivity index (χ2n) is 9.26. The minimum absolute atomic E-state index is 0.101. The first-order valence-electron chi connectivity index (χ1n) is 13.2. The summed E-state index contributed by atoms with van der Waals surface area (Å²) in [6.45, 7) is 9.59. The number of hydrogen-bond acceptors (Lipinski definition) is 9. The number of hydrogen-bond donors (Lipinski definition) is 2. The Balaban J connectivity index is 1.78. The molecule has 218 valence electrons. The molecule has 13 heteroatoms. The zero-order valence-electron chi connectivity index (χ0n) is 23.0. The van der Waals surface area contributed by atoms with Gasteiger partial charge in [0.1, 0.15) is 11.3 Å². The number of aliphatic imine (C=N–C) groups is 1. The molecule has 0 amide bonds. The van der Waals surface area contributed by atoms with E-state index < -0.39 is 28.3 Å². The highest BCUT2D eigenvalue weighted by Gasteiger charge is 2.21. The number of allylic oxidation sites excluding steroid dienone is 3. The molecule has 2 aromatic heterocycles. The summed E-state index contributed by atoms with van der Waals surface area (Å²) >= 11 is 0. The molecule has 0 aliphatic carbocycles. The number of nitrogens with one attached hydrogen (secondary N) is 2. The maximum Gasteiger partial charge on any atom is 0.232 e. The van der Waals surface area contributed by atoms with E-state index in [1.165, 1.54) is 18.2 Å². The van der Waals surface area contributed by atoms with Crippen molar-refractivity contribution in [3.63, 3.8) is 0 Å². The molecule has 1 fully saturated rings. The number of sulfonamides is 1. The molecule has 1 aromatic carbocycles. The van der Waals surface area contributed by atoms with Gasteiger partial charge in [-0.15, -0.1) is 0 Å². The van der Waals surface area contributed by atoms with Crippen LogP contribution < -0.4 is 14.9 Å². The number of halogens is 2. The van der Waals surface area contributed by atoms with Crippen molar-refractivity contribution in [2.45, 2.75) is 20.3 Å². The van der Waals surface area contributed by atoms with Gasteiger partial charge in [-0.1, -0.05) is 12.1 Å². The van der Waals surface area contributed by atoms with Gasteiger partial charge in [0.05, 0.1) is 42.5 Å². The molecule has 0 radical (unpaired) electrons. The molecule has 4 rings (SSSR count). The number of morpholine rings is 1. The molecule has 41 heavy (non-hydrogen) atoms. The Kier molecular flexibility index (Phi) is 9.95. The third-order valence-corrected chi connectivity index (χ3v) is 7.65. The van der Waals surface area contributed by atoms with Crippen molar-refractivity contribution >= 4 is 44.9 Å². The largest absolute Gasteiger partial charge is 0.378 e. The smallest absolute Gasteiger partial charge is 0.232 e. The Morgan fingerprint density at radius 1 is 1.17 bits per heavy atom. The highest BCUT2D eigenvalue weighted by Crippen LogP contribution is 2.31. The Morgan fingerprint density at radius 2 is 1.95 bits per heavy atom. The van der Waals surface area contributed by atoms with E-state index in [1.807, 2.05) is 19.9 Å². The van der Waals surface area contributed by atoms with Crippen LogP contribution in [0, 0.1) is 5.82 Å². The molecule has 0 bridgehead atoms. The lowest BCUT2D eigenvalue weighted by atomic mass is 10.1. The first-order chi connectivity index (χ1) is 19.8. The third-order valence-electron chi connectivity index (χ3n) is 6.29. The zero-order chi connectivity index (χ0) is 29.4. The molecular weight excluding hydrogens is 552 g/mol. The normalized spacial score (nSPS) is 14.8. The molecule has 1 aliphatic rings. The van der Waals surface area contributed by atoms with Gasteiger partial charge in [0.15, 0.2) is 17.5 Å². The molecule has 0 atom stereocenters. The van der Waals surface area contributed by atoms with Gasteiger partial charge < -0.3 is 15.0 Å². The molecule has 1 aliphatic heterocycles. The summed E-state index contributed by atoms with van der Waals surface area (Å²) < 4.78 is 60.3. The average molecular weight is 586 g/mol. The van der Waals surface area contributed by atoms with E-state index in [9.17, 15) is 12.8 Å². The third kappa shape index (κ3) is 7.41. The SMILES string of the molecule is C=N/C(=C\C=C(/C)c1nc(N2CCOCC2)c2nc(-c3cccc(NS(=O)(=O)CCCF)c3F)ccc2n1)NCC. The van der Waals surface area contributed by atoms with Crippen LogP contribution in [0.5, 0.6) is 0 Å². The highest BCUT2D eigenvalue weighted by atomic mass is 32.2. The second-order valence-corrected chi connectivity index (χ2v) is 11.1. The number of benzene rings is 1. The fourth-order valence-corrected chi connectivity index (χ4v) is 5.30. The summed E-state index contributed by atoms with van der Waals surface area (Å²) in [5.41, 5.74) is 1.99. The van der Waals surface area contributed by atoms with Gasteiger partial charge in [-0.3, -0.25) is 9.11 Å². The standard InChI is InChI=1S/C28H33F2N7O3S/c1-4-32-24(31-3)12-9-19(2)27-34-23-11-10-21(33-26(23)28(35-27)37-14-16-40-17-15-37)20-7-5-8-22(25(20)30)36-41(38,39)18-6-13-29/h5,7-12,32,36H,3-4,6,13-18H2,1-2H3/b19-9+,24-12+. The van der Waals surface area contributed by atoms with E-state index in [1.54, 1.807) is 18.2 Å². The van der Waals surface area contributed by atoms with Gasteiger partial charge in [0.2, 0.25) is 10.0 Å². The summed E-state index contributed by atoms with van der Waals surface area (Å²) in [7, 11) is -3.91. The van der Waals surface area contributed by atoms with E-state index in [0.29, 0.717) is 61.3 Å². The van der Waals surface area contributed by atoms with Gasteiger partial charge >= 0.3 is 0 Å². The van der Waals surface area contributed by atoms with E-state index in [-0.39, 0.29) is 23.4 Å². The van der Waals surface area contributed by atoms with Gasteiger partial charge in [0.25, 0.3) is 0 Å². The van der Waals surface area contributed by atoms with Crippen LogP contribution in [0.4, 0.5) is 20.3 Å². The van der Waals surface area contributed by atoms with Crippen LogP contribution in [0.3, 0.4) is 0 Å². The van der Waals surface area contributed by atoms with Crippen LogP contribution in [0.15, 0.2) is 53.3 Å². The number of anilines is 2. The lowest BCUT2D eigenvalue weighted by Gasteiger charge is -2.28. The van der Waals surface area contributed by atoms with Gasteiger partial charge in [0, 0.05) is 25.2 Å². The van der Waals surface area contributed by atoms with Gasteiger partial charge in [-0.25, -0.2) is 32.8 Å². The maximum absolute atomic E-state index is 15.5. The van der Waals surface area contributed by atoms with Crippen LogP contribution >= 0.6 is 0 Å². The Bertz CT molecular complexity index is 1570. The van der Waals surface area contributed by atoms with Crippen molar-refractivity contribution in [1.29, 1.82) is 0 Å². The van der Waals surface area contributed by atoms with Crippen molar-refractivity contribution in [3.8, 4) is 11.3 Å². The summed E-state index contributed by atoms with van der Waals surface area (Å²) in [5.74, 6) is 0.478. The quantitative estimate of drug-likeness (QED) is 0.238. The number of nitrogens with zero attached hydrogens (tertiary/aromatic N) is 5. The molecule has 1 saturated heterocycles. The number of aromatic nitrogens is 3. The Hall–Kier alpha value is -3.97. The fraction of sp³-hybridized carbons (Fsp3) is 0.357. The Morgan fingerprint density at radius 3 is 2.66 bits per heavy atom. The molecule has 3 heterocycles. The van der Waals surface area contributed by atoms with Crippen molar-refractivity contribution in [3.05, 3.63) is 59.9 Å². The zero-order valence-corrected chi connectivity index (χ0v) is 23.8. The predicted octanol–water partition coefficient (Wildman–Crippen LogP) is 4.32. The van der Waals surface area contributed by atoms with Gasteiger partial charge in [-0.05, 0) is 62.9 Å². The number of alkyl halides is 1. The van der Waals surface area contributed by atoms with Crippen LogP contribution in [0.2, 0.25) is 0 Å². The lowest BCUT2D eigenvalue weighted by molar-refractivity contribution is 0.122. The molecule has 3 aromatic rings. The molecule has 2 N–H and O–H groups in total. The number of pyridine rings is 1. The fourth-order valence-electron chi connectivity index (χ4n) is 4.22. The summed E-state index contributed by atoms with van der Waals surface area (Å²) in [6.07, 6.45) is 3.48. The molecule has 0 spiro atoms. The van der Waals surface area contributed by atoms with Crippen LogP contribution in [-0.4, -0.2) is 75.4 Å². The van der Waals surface area contributed by atoms with Crippen LogP contribution in [0.1, 0.15) is 26.1 Å². The second kappa shape index (κ2) is 13.6. The minimum Gasteiger partial charge on any atom is -0.378 e. The first kappa shape index (κ1) is 30.0.